The number of hydrogen-bond donors (Lipinski definition) is 1. The van der Waals surface area contributed by atoms with Crippen molar-refractivity contribution in [1.29, 1.82) is 0 Å². The maximum absolute atomic E-state index is 13.4. The van der Waals surface area contributed by atoms with Crippen LogP contribution in [-0.2, 0) is 4.79 Å². The first-order valence-electron chi connectivity index (χ1n) is 5.27. The van der Waals surface area contributed by atoms with Crippen LogP contribution in [0.3, 0.4) is 0 Å². The van der Waals surface area contributed by atoms with Gasteiger partial charge in [-0.05, 0) is 32.0 Å². The van der Waals surface area contributed by atoms with Crippen molar-refractivity contribution in [3.05, 3.63) is 29.6 Å². The molecule has 1 amide bonds. The normalized spacial score (nSPS) is 11.7. The van der Waals surface area contributed by atoms with E-state index in [-0.39, 0.29) is 17.2 Å². The Hall–Kier alpha value is -1.91. The summed E-state index contributed by atoms with van der Waals surface area (Å²) < 4.78 is 18.6. The van der Waals surface area contributed by atoms with Crippen LogP contribution in [0.25, 0.3) is 0 Å². The van der Waals surface area contributed by atoms with Gasteiger partial charge in [0, 0.05) is 12.1 Å². The molecular formula is C12H14FNO3. The highest BCUT2D eigenvalue weighted by Gasteiger charge is 2.15. The van der Waals surface area contributed by atoms with Gasteiger partial charge in [-0.25, -0.2) is 4.39 Å². The van der Waals surface area contributed by atoms with Gasteiger partial charge in [0.1, 0.15) is 6.29 Å². The molecule has 0 aromatic heterocycles. The lowest BCUT2D eigenvalue weighted by molar-refractivity contribution is -0.127. The van der Waals surface area contributed by atoms with Crippen LogP contribution in [0, 0.1) is 5.82 Å². The van der Waals surface area contributed by atoms with Crippen molar-refractivity contribution in [3.63, 3.8) is 0 Å². The summed E-state index contributed by atoms with van der Waals surface area (Å²) in [5.41, 5.74) is 0.223. The van der Waals surface area contributed by atoms with E-state index in [9.17, 15) is 14.0 Å². The molecule has 1 rings (SSSR count). The molecule has 0 saturated heterocycles. The molecule has 92 valence electrons. The van der Waals surface area contributed by atoms with Gasteiger partial charge < -0.3 is 10.1 Å². The van der Waals surface area contributed by atoms with Gasteiger partial charge in [-0.2, -0.15) is 0 Å². The predicted octanol–water partition coefficient (Wildman–Crippen LogP) is 1.54. The van der Waals surface area contributed by atoms with Crippen LogP contribution in [0.15, 0.2) is 18.2 Å². The standard InChI is InChI=1S/C12H14FNO3/c1-3-14-12(16)8(2)17-11-5-4-9(7-15)6-10(11)13/h4-8H,3H2,1-2H3,(H,14,16). The minimum Gasteiger partial charge on any atom is -0.478 e. The fourth-order valence-corrected chi connectivity index (χ4v) is 1.25. The van der Waals surface area contributed by atoms with E-state index in [1.165, 1.54) is 19.1 Å². The molecular weight excluding hydrogens is 225 g/mol. The number of halogens is 1. The first-order valence-corrected chi connectivity index (χ1v) is 5.27. The Labute approximate surface area is 98.8 Å². The molecule has 1 aromatic carbocycles. The second-order valence-electron chi connectivity index (χ2n) is 3.46. The second-order valence-corrected chi connectivity index (χ2v) is 3.46. The first kappa shape index (κ1) is 13.2. The molecule has 0 aliphatic rings. The quantitative estimate of drug-likeness (QED) is 0.793. The van der Waals surface area contributed by atoms with Gasteiger partial charge in [-0.1, -0.05) is 0 Å². The van der Waals surface area contributed by atoms with Crippen molar-refractivity contribution in [2.45, 2.75) is 20.0 Å². The van der Waals surface area contributed by atoms with E-state index in [0.29, 0.717) is 12.8 Å². The molecule has 0 aliphatic carbocycles. The molecule has 0 fully saturated rings. The van der Waals surface area contributed by atoms with Crippen molar-refractivity contribution in [2.24, 2.45) is 0 Å². The first-order chi connectivity index (χ1) is 8.08. The summed E-state index contributed by atoms with van der Waals surface area (Å²) in [4.78, 5) is 21.8. The van der Waals surface area contributed by atoms with Gasteiger partial charge in [-0.15, -0.1) is 0 Å². The van der Waals surface area contributed by atoms with E-state index >= 15 is 0 Å². The molecule has 0 aliphatic heterocycles. The summed E-state index contributed by atoms with van der Waals surface area (Å²) in [7, 11) is 0. The number of amides is 1. The number of hydrogen-bond acceptors (Lipinski definition) is 3. The summed E-state index contributed by atoms with van der Waals surface area (Å²) >= 11 is 0. The molecule has 1 N–H and O–H groups in total. The molecule has 1 aromatic rings. The van der Waals surface area contributed by atoms with Gasteiger partial charge in [0.2, 0.25) is 0 Å². The highest BCUT2D eigenvalue weighted by molar-refractivity contribution is 5.80. The average molecular weight is 239 g/mol. The van der Waals surface area contributed by atoms with Crippen LogP contribution in [-0.4, -0.2) is 24.8 Å². The van der Waals surface area contributed by atoms with Crippen molar-refractivity contribution in [1.82, 2.24) is 5.32 Å². The summed E-state index contributed by atoms with van der Waals surface area (Å²) in [6.45, 7) is 3.79. The molecule has 0 heterocycles. The average Bonchev–Trinajstić information content (AvgIpc) is 2.31. The summed E-state index contributed by atoms with van der Waals surface area (Å²) in [6.07, 6.45) is -0.244. The lowest BCUT2D eigenvalue weighted by atomic mass is 10.2. The minimum atomic E-state index is -0.786. The summed E-state index contributed by atoms with van der Waals surface area (Å²) in [6, 6.07) is 3.82. The fraction of sp³-hybridized carbons (Fsp3) is 0.333. The molecule has 5 heteroatoms. The van der Waals surface area contributed by atoms with E-state index in [1.807, 2.05) is 0 Å². The van der Waals surface area contributed by atoms with E-state index in [1.54, 1.807) is 6.92 Å². The predicted molar refractivity (Wildman–Crippen MR) is 60.6 cm³/mol. The molecule has 0 spiro atoms. The van der Waals surface area contributed by atoms with E-state index in [0.717, 1.165) is 6.07 Å². The molecule has 1 unspecified atom stereocenters. The Morgan fingerprint density at radius 1 is 1.59 bits per heavy atom. The van der Waals surface area contributed by atoms with Crippen LogP contribution in [0.5, 0.6) is 5.75 Å². The van der Waals surface area contributed by atoms with Crippen LogP contribution >= 0.6 is 0 Å². The Morgan fingerprint density at radius 2 is 2.29 bits per heavy atom. The molecule has 17 heavy (non-hydrogen) atoms. The van der Waals surface area contributed by atoms with Gasteiger partial charge in [0.15, 0.2) is 17.7 Å². The Kier molecular flexibility index (Phi) is 4.63. The number of benzene rings is 1. The van der Waals surface area contributed by atoms with Crippen LogP contribution in [0.4, 0.5) is 4.39 Å². The largest absolute Gasteiger partial charge is 0.478 e. The zero-order valence-electron chi connectivity index (χ0n) is 9.70. The Morgan fingerprint density at radius 3 is 2.82 bits per heavy atom. The smallest absolute Gasteiger partial charge is 0.260 e. The number of nitrogens with one attached hydrogen (secondary N) is 1. The lowest BCUT2D eigenvalue weighted by Gasteiger charge is -2.14. The van der Waals surface area contributed by atoms with Gasteiger partial charge in [0.05, 0.1) is 0 Å². The monoisotopic (exact) mass is 239 g/mol. The number of carbonyl (C=O) groups excluding carboxylic acids is 2. The topological polar surface area (TPSA) is 55.4 Å². The number of aldehydes is 1. The van der Waals surface area contributed by atoms with Crippen molar-refractivity contribution in [2.75, 3.05) is 6.54 Å². The highest BCUT2D eigenvalue weighted by Crippen LogP contribution is 2.18. The second kappa shape index (κ2) is 5.98. The zero-order chi connectivity index (χ0) is 12.8. The van der Waals surface area contributed by atoms with Crippen molar-refractivity contribution in [3.8, 4) is 5.75 Å². The third-order valence-corrected chi connectivity index (χ3v) is 2.12. The van der Waals surface area contributed by atoms with Gasteiger partial charge in [0.25, 0.3) is 5.91 Å². The van der Waals surface area contributed by atoms with Crippen LogP contribution < -0.4 is 10.1 Å². The number of ether oxygens (including phenoxy) is 1. The summed E-state index contributed by atoms with van der Waals surface area (Å²) in [5.74, 6) is -1.02. The van der Waals surface area contributed by atoms with E-state index in [2.05, 4.69) is 5.32 Å². The molecule has 1 atom stereocenters. The fourth-order valence-electron chi connectivity index (χ4n) is 1.25. The SMILES string of the molecule is CCNC(=O)C(C)Oc1ccc(C=O)cc1F. The Bertz CT molecular complexity index is 420. The summed E-state index contributed by atoms with van der Waals surface area (Å²) in [5, 5.41) is 2.56. The molecule has 0 saturated carbocycles. The molecule has 4 nitrogen and oxygen atoms in total. The van der Waals surface area contributed by atoms with E-state index in [4.69, 9.17) is 4.74 Å². The third kappa shape index (κ3) is 3.55. The van der Waals surface area contributed by atoms with Gasteiger partial charge >= 0.3 is 0 Å². The molecule has 0 radical (unpaired) electrons. The third-order valence-electron chi connectivity index (χ3n) is 2.12. The van der Waals surface area contributed by atoms with Crippen LogP contribution in [0.1, 0.15) is 24.2 Å². The number of rotatable bonds is 5. The minimum absolute atomic E-state index is 0.0469. The lowest BCUT2D eigenvalue weighted by Crippen LogP contribution is -2.36. The Balaban J connectivity index is 2.74. The maximum Gasteiger partial charge on any atom is 0.260 e. The number of carbonyl (C=O) groups is 2. The van der Waals surface area contributed by atoms with Crippen molar-refractivity contribution < 1.29 is 18.7 Å². The van der Waals surface area contributed by atoms with Crippen LogP contribution in [0.2, 0.25) is 0 Å². The number of likely N-dealkylation sites (N-methyl/N-ethyl adjacent to an activating group) is 1. The van der Waals surface area contributed by atoms with Crippen molar-refractivity contribution >= 4 is 12.2 Å². The highest BCUT2D eigenvalue weighted by atomic mass is 19.1. The molecule has 0 bridgehead atoms. The zero-order valence-corrected chi connectivity index (χ0v) is 9.70. The van der Waals surface area contributed by atoms with E-state index < -0.39 is 11.9 Å². The van der Waals surface area contributed by atoms with Gasteiger partial charge in [-0.3, -0.25) is 9.59 Å². The maximum atomic E-state index is 13.4.